The lowest BCUT2D eigenvalue weighted by Crippen LogP contribution is -2.29. The van der Waals surface area contributed by atoms with E-state index in [9.17, 15) is 18.0 Å². The maximum atomic E-state index is 13.2. The molecule has 28 heavy (non-hydrogen) atoms. The van der Waals surface area contributed by atoms with Crippen LogP contribution in [0.2, 0.25) is 0 Å². The molecule has 5 nitrogen and oxygen atoms in total. The number of carbonyl (C=O) groups excluding carboxylic acids is 1. The van der Waals surface area contributed by atoms with Crippen molar-refractivity contribution in [3.8, 4) is 5.75 Å². The van der Waals surface area contributed by atoms with Gasteiger partial charge in [0.05, 0.1) is 6.54 Å². The molecule has 0 spiro atoms. The summed E-state index contributed by atoms with van der Waals surface area (Å²) in [7, 11) is 0. The van der Waals surface area contributed by atoms with E-state index in [4.69, 9.17) is 4.74 Å². The molecular weight excluding hydrogens is 371 g/mol. The number of amides is 1. The molecular formula is C20H24F3N3O2. The lowest BCUT2D eigenvalue weighted by atomic mass is 9.95. The van der Waals surface area contributed by atoms with Gasteiger partial charge in [-0.2, -0.15) is 18.3 Å². The summed E-state index contributed by atoms with van der Waals surface area (Å²) in [6, 6.07) is 6.71. The third kappa shape index (κ3) is 4.66. The number of nitrogens with zero attached hydrogens (tertiary/aromatic N) is 2. The van der Waals surface area contributed by atoms with Crippen molar-refractivity contribution in [3.05, 3.63) is 46.8 Å². The van der Waals surface area contributed by atoms with E-state index in [1.807, 2.05) is 13.8 Å². The van der Waals surface area contributed by atoms with Crippen molar-refractivity contribution in [3.63, 3.8) is 0 Å². The van der Waals surface area contributed by atoms with Crippen molar-refractivity contribution in [2.45, 2.75) is 58.3 Å². The Balaban J connectivity index is 1.62. The number of hydrogen-bond donors (Lipinski definition) is 1. The van der Waals surface area contributed by atoms with Crippen molar-refractivity contribution in [1.29, 1.82) is 0 Å². The lowest BCUT2D eigenvalue weighted by Gasteiger charge is -2.15. The van der Waals surface area contributed by atoms with Gasteiger partial charge in [0, 0.05) is 22.9 Å². The Morgan fingerprint density at radius 3 is 2.54 bits per heavy atom. The molecule has 2 aromatic rings. The number of alkyl halides is 3. The van der Waals surface area contributed by atoms with Crippen molar-refractivity contribution in [2.75, 3.05) is 6.61 Å². The van der Waals surface area contributed by atoms with Crippen LogP contribution in [0.15, 0.2) is 24.3 Å². The molecule has 0 unspecified atom stereocenters. The van der Waals surface area contributed by atoms with E-state index in [1.165, 1.54) is 4.68 Å². The molecule has 152 valence electrons. The summed E-state index contributed by atoms with van der Waals surface area (Å²) in [6.07, 6.45) is -1.77. The molecule has 3 rings (SSSR count). The van der Waals surface area contributed by atoms with Crippen LogP contribution in [0.1, 0.15) is 54.0 Å². The van der Waals surface area contributed by atoms with Gasteiger partial charge in [-0.25, -0.2) is 0 Å². The van der Waals surface area contributed by atoms with Gasteiger partial charge >= 0.3 is 6.18 Å². The van der Waals surface area contributed by atoms with E-state index in [0.29, 0.717) is 35.4 Å². The normalized spacial score (nSPS) is 14.1. The highest BCUT2D eigenvalue weighted by molar-refractivity contribution is 5.94. The molecule has 1 amide bonds. The number of aromatic nitrogens is 2. The molecule has 0 saturated heterocycles. The fraction of sp³-hybridized carbons (Fsp3) is 0.500. The summed E-state index contributed by atoms with van der Waals surface area (Å²) < 4.78 is 46.7. The minimum absolute atomic E-state index is 0.0463. The van der Waals surface area contributed by atoms with Gasteiger partial charge in [-0.05, 0) is 63.8 Å². The van der Waals surface area contributed by atoms with Gasteiger partial charge in [0.15, 0.2) is 5.69 Å². The molecule has 1 N–H and O–H groups in total. The first kappa shape index (κ1) is 20.2. The highest BCUT2D eigenvalue weighted by atomic mass is 19.4. The second kappa shape index (κ2) is 8.24. The van der Waals surface area contributed by atoms with Crippen molar-refractivity contribution in [2.24, 2.45) is 0 Å². The fourth-order valence-electron chi connectivity index (χ4n) is 3.38. The molecule has 0 radical (unpaired) electrons. The molecule has 0 aliphatic heterocycles. The second-order valence-electron chi connectivity index (χ2n) is 7.20. The average molecular weight is 395 g/mol. The zero-order chi connectivity index (χ0) is 20.3. The van der Waals surface area contributed by atoms with Gasteiger partial charge in [0.2, 0.25) is 0 Å². The molecule has 0 saturated carbocycles. The topological polar surface area (TPSA) is 56.1 Å². The number of fused-ring (bicyclic) bond motifs is 1. The van der Waals surface area contributed by atoms with Gasteiger partial charge in [-0.15, -0.1) is 0 Å². The van der Waals surface area contributed by atoms with Crippen molar-refractivity contribution in [1.82, 2.24) is 15.1 Å². The number of halogens is 3. The highest BCUT2D eigenvalue weighted by Gasteiger charge is 2.39. The van der Waals surface area contributed by atoms with Gasteiger partial charge in [-0.3, -0.25) is 9.48 Å². The largest absolute Gasteiger partial charge is 0.492 e. The fourth-order valence-corrected chi connectivity index (χ4v) is 3.38. The molecule has 8 heteroatoms. The number of rotatable bonds is 6. The molecule has 1 heterocycles. The van der Waals surface area contributed by atoms with Crippen LogP contribution in [0.4, 0.5) is 13.2 Å². The predicted octanol–water partition coefficient (Wildman–Crippen LogP) is 4.00. The van der Waals surface area contributed by atoms with Gasteiger partial charge in [0.25, 0.3) is 5.91 Å². The van der Waals surface area contributed by atoms with E-state index in [1.54, 1.807) is 24.3 Å². The van der Waals surface area contributed by atoms with Crippen LogP contribution in [0.25, 0.3) is 0 Å². The van der Waals surface area contributed by atoms with Gasteiger partial charge < -0.3 is 10.1 Å². The number of ether oxygens (including phenoxy) is 1. The number of nitrogens with one attached hydrogen (secondary N) is 1. The molecule has 1 aliphatic rings. The third-order valence-corrected chi connectivity index (χ3v) is 4.63. The Morgan fingerprint density at radius 1 is 1.21 bits per heavy atom. The smallest absolute Gasteiger partial charge is 0.435 e. The van der Waals surface area contributed by atoms with E-state index >= 15 is 0 Å². The summed E-state index contributed by atoms with van der Waals surface area (Å²) in [5.74, 6) is 0.391. The SMILES string of the molecule is CC(C)NC(=O)c1ccc(OCCn2nc(C(F)(F)F)c3c2CCCC3)cc1. The number of carbonyl (C=O) groups is 1. The quantitative estimate of drug-likeness (QED) is 0.805. The molecule has 1 aromatic carbocycles. The average Bonchev–Trinajstić information content (AvgIpc) is 3.01. The number of benzene rings is 1. The van der Waals surface area contributed by atoms with E-state index < -0.39 is 11.9 Å². The minimum Gasteiger partial charge on any atom is -0.492 e. The molecule has 1 aliphatic carbocycles. The Labute approximate surface area is 161 Å². The van der Waals surface area contributed by atoms with Crippen LogP contribution in [-0.4, -0.2) is 28.3 Å². The predicted molar refractivity (Wildman–Crippen MR) is 98.4 cm³/mol. The van der Waals surface area contributed by atoms with Gasteiger partial charge in [-0.1, -0.05) is 0 Å². The zero-order valence-corrected chi connectivity index (χ0v) is 16.0. The van der Waals surface area contributed by atoms with Crippen LogP contribution in [-0.2, 0) is 25.6 Å². The molecule has 0 atom stereocenters. The first-order valence-electron chi connectivity index (χ1n) is 9.45. The standard InChI is InChI=1S/C20H24F3N3O2/c1-13(2)24-19(27)14-7-9-15(10-8-14)28-12-11-26-17-6-4-3-5-16(17)18(25-26)20(21,22)23/h7-10,13H,3-6,11-12H2,1-2H3,(H,24,27). The minimum atomic E-state index is -4.43. The maximum Gasteiger partial charge on any atom is 0.435 e. The summed E-state index contributed by atoms with van der Waals surface area (Å²) >= 11 is 0. The van der Waals surface area contributed by atoms with Crippen molar-refractivity contribution >= 4 is 5.91 Å². The summed E-state index contributed by atoms with van der Waals surface area (Å²) in [5.41, 5.74) is 0.766. The Hall–Kier alpha value is -2.51. The van der Waals surface area contributed by atoms with Crippen LogP contribution < -0.4 is 10.1 Å². The molecule has 0 fully saturated rings. The molecule has 0 bridgehead atoms. The Bertz CT molecular complexity index is 826. The monoisotopic (exact) mass is 395 g/mol. The van der Waals surface area contributed by atoms with E-state index in [-0.39, 0.29) is 25.1 Å². The van der Waals surface area contributed by atoms with E-state index in [0.717, 1.165) is 12.8 Å². The summed E-state index contributed by atoms with van der Waals surface area (Å²) in [4.78, 5) is 11.9. The van der Waals surface area contributed by atoms with Crippen LogP contribution >= 0.6 is 0 Å². The van der Waals surface area contributed by atoms with Gasteiger partial charge in [0.1, 0.15) is 12.4 Å². The van der Waals surface area contributed by atoms with Crippen LogP contribution in [0, 0.1) is 0 Å². The Morgan fingerprint density at radius 2 is 1.89 bits per heavy atom. The lowest BCUT2D eigenvalue weighted by molar-refractivity contribution is -0.142. The van der Waals surface area contributed by atoms with E-state index in [2.05, 4.69) is 10.4 Å². The second-order valence-corrected chi connectivity index (χ2v) is 7.20. The summed E-state index contributed by atoms with van der Waals surface area (Å²) in [5, 5.41) is 6.62. The van der Waals surface area contributed by atoms with Crippen LogP contribution in [0.3, 0.4) is 0 Å². The highest BCUT2D eigenvalue weighted by Crippen LogP contribution is 2.35. The Kier molecular flexibility index (Phi) is 5.96. The third-order valence-electron chi connectivity index (χ3n) is 4.63. The maximum absolute atomic E-state index is 13.2. The zero-order valence-electron chi connectivity index (χ0n) is 16.0. The first-order valence-corrected chi connectivity index (χ1v) is 9.45. The number of hydrogen-bond acceptors (Lipinski definition) is 3. The first-order chi connectivity index (χ1) is 13.3. The van der Waals surface area contributed by atoms with Crippen molar-refractivity contribution < 1.29 is 22.7 Å². The summed E-state index contributed by atoms with van der Waals surface area (Å²) in [6.45, 7) is 4.21. The van der Waals surface area contributed by atoms with Crippen LogP contribution in [0.5, 0.6) is 5.75 Å². The molecule has 1 aromatic heterocycles.